The number of carbonyl (C=O) groups excluding carboxylic acids is 1. The Morgan fingerprint density at radius 3 is 2.83 bits per heavy atom. The summed E-state index contributed by atoms with van der Waals surface area (Å²) in [6, 6.07) is 5.19. The molecule has 4 rings (SSSR count). The first-order valence-corrected chi connectivity index (χ1v) is 11.9. The van der Waals surface area contributed by atoms with Crippen LogP contribution in [0.4, 0.5) is 18.9 Å². The van der Waals surface area contributed by atoms with E-state index in [2.05, 4.69) is 24.9 Å². The Morgan fingerprint density at radius 2 is 2.10 bits per heavy atom. The Hall–Kier alpha value is -2.09. The number of hydrogen-bond donors (Lipinski definition) is 1. The molecular formula is C17H12F3N5OS4. The van der Waals surface area contributed by atoms with E-state index < -0.39 is 12.6 Å². The van der Waals surface area contributed by atoms with Crippen molar-refractivity contribution in [3.63, 3.8) is 0 Å². The Bertz CT molecular complexity index is 1200. The van der Waals surface area contributed by atoms with Crippen LogP contribution in [-0.4, -0.2) is 37.4 Å². The number of nitrogens with zero attached hydrogens (tertiary/aromatic N) is 4. The van der Waals surface area contributed by atoms with Gasteiger partial charge in [0.2, 0.25) is 0 Å². The molecule has 0 atom stereocenters. The Balaban J connectivity index is 1.44. The summed E-state index contributed by atoms with van der Waals surface area (Å²) in [6.07, 6.45) is -5.03. The highest BCUT2D eigenvalue weighted by molar-refractivity contribution is 8.01. The number of aromatic nitrogens is 4. The van der Waals surface area contributed by atoms with E-state index >= 15 is 0 Å². The third-order valence-corrected chi connectivity index (χ3v) is 7.81. The minimum absolute atomic E-state index is 0.0756. The summed E-state index contributed by atoms with van der Waals surface area (Å²) in [5.41, 5.74) is 2.29. The number of hydrogen-bond acceptors (Lipinski definition) is 9. The predicted molar refractivity (Wildman–Crippen MR) is 115 cm³/mol. The van der Waals surface area contributed by atoms with Crippen LogP contribution in [0.5, 0.6) is 0 Å². The fourth-order valence-electron chi connectivity index (χ4n) is 2.40. The number of halogens is 3. The topological polar surface area (TPSA) is 80.7 Å². The van der Waals surface area contributed by atoms with Crippen LogP contribution in [-0.2, 0) is 0 Å². The third-order valence-electron chi connectivity index (χ3n) is 3.82. The van der Waals surface area contributed by atoms with Gasteiger partial charge < -0.3 is 5.32 Å². The minimum atomic E-state index is -4.17. The van der Waals surface area contributed by atoms with Crippen LogP contribution < -0.4 is 5.32 Å². The summed E-state index contributed by atoms with van der Waals surface area (Å²) in [5, 5.41) is 9.10. The van der Waals surface area contributed by atoms with Crippen molar-refractivity contribution in [3.05, 3.63) is 35.0 Å². The standard InChI is InChI=1S/C17H12F3N5OS4/c1-8-13(30-25-24-8)15-22-11(7-28-15)14(26)21-9-2-3-10-12(6-9)29-16(23-10)27-5-4-17(18,19)20/h2-3,6-7H,4-5H2,1H3,(H,21,26). The zero-order valence-corrected chi connectivity index (χ0v) is 18.5. The number of carbonyl (C=O) groups is 1. The molecule has 0 radical (unpaired) electrons. The first-order valence-electron chi connectivity index (χ1n) is 8.45. The molecule has 13 heteroatoms. The van der Waals surface area contributed by atoms with E-state index in [9.17, 15) is 18.0 Å². The van der Waals surface area contributed by atoms with Crippen molar-refractivity contribution in [2.45, 2.75) is 23.9 Å². The van der Waals surface area contributed by atoms with E-state index in [1.54, 1.807) is 23.6 Å². The second kappa shape index (κ2) is 8.57. The van der Waals surface area contributed by atoms with Crippen molar-refractivity contribution in [1.29, 1.82) is 0 Å². The average molecular weight is 488 g/mol. The number of benzene rings is 1. The van der Waals surface area contributed by atoms with Gasteiger partial charge in [-0.3, -0.25) is 4.79 Å². The Kier molecular flexibility index (Phi) is 6.04. The van der Waals surface area contributed by atoms with Crippen molar-refractivity contribution < 1.29 is 18.0 Å². The number of rotatable bonds is 6. The summed E-state index contributed by atoms with van der Waals surface area (Å²) in [4.78, 5) is 22.1. The molecule has 0 spiro atoms. The van der Waals surface area contributed by atoms with Crippen molar-refractivity contribution in [1.82, 2.24) is 19.6 Å². The van der Waals surface area contributed by atoms with E-state index in [-0.39, 0.29) is 17.4 Å². The fourth-order valence-corrected chi connectivity index (χ4v) is 6.15. The molecule has 0 saturated carbocycles. The lowest BCUT2D eigenvalue weighted by atomic mass is 10.3. The zero-order valence-electron chi connectivity index (χ0n) is 15.2. The van der Waals surface area contributed by atoms with E-state index in [1.807, 2.05) is 6.92 Å². The number of fused-ring (bicyclic) bond motifs is 1. The van der Waals surface area contributed by atoms with E-state index in [0.29, 0.717) is 20.6 Å². The summed E-state index contributed by atoms with van der Waals surface area (Å²) in [6.45, 7) is 1.83. The molecule has 1 N–H and O–H groups in total. The van der Waals surface area contributed by atoms with Crippen LogP contribution in [0.25, 0.3) is 20.1 Å². The van der Waals surface area contributed by atoms with Gasteiger partial charge in [-0.25, -0.2) is 9.97 Å². The van der Waals surface area contributed by atoms with Gasteiger partial charge >= 0.3 is 6.18 Å². The molecule has 0 aliphatic heterocycles. The fraction of sp³-hybridized carbons (Fsp3) is 0.235. The molecule has 0 aliphatic carbocycles. The molecule has 0 unspecified atom stereocenters. The summed E-state index contributed by atoms with van der Waals surface area (Å²) in [7, 11) is 0. The molecule has 0 saturated heterocycles. The van der Waals surface area contributed by atoms with Crippen LogP contribution in [0.1, 0.15) is 22.6 Å². The van der Waals surface area contributed by atoms with Crippen molar-refractivity contribution in [3.8, 4) is 9.88 Å². The largest absolute Gasteiger partial charge is 0.389 e. The molecular weight excluding hydrogens is 475 g/mol. The first-order chi connectivity index (χ1) is 14.3. The number of nitrogens with one attached hydrogen (secondary N) is 1. The maximum absolute atomic E-state index is 12.5. The third kappa shape index (κ3) is 4.96. The molecule has 1 aromatic carbocycles. The number of alkyl halides is 3. The molecule has 1 amide bonds. The predicted octanol–water partition coefficient (Wildman–Crippen LogP) is 5.88. The summed E-state index contributed by atoms with van der Waals surface area (Å²) < 4.78 is 42.1. The number of amides is 1. The van der Waals surface area contributed by atoms with Gasteiger partial charge in [0.05, 0.1) is 22.3 Å². The summed E-state index contributed by atoms with van der Waals surface area (Å²) >= 11 is 4.94. The van der Waals surface area contributed by atoms with Crippen LogP contribution in [0.15, 0.2) is 27.9 Å². The molecule has 0 aliphatic rings. The van der Waals surface area contributed by atoms with Crippen LogP contribution in [0.3, 0.4) is 0 Å². The van der Waals surface area contributed by atoms with Gasteiger partial charge in [0.25, 0.3) is 5.91 Å². The number of thioether (sulfide) groups is 1. The monoisotopic (exact) mass is 487 g/mol. The molecule has 3 heterocycles. The van der Waals surface area contributed by atoms with E-state index in [0.717, 1.165) is 27.0 Å². The molecule has 6 nitrogen and oxygen atoms in total. The van der Waals surface area contributed by atoms with Crippen LogP contribution in [0.2, 0.25) is 0 Å². The highest BCUT2D eigenvalue weighted by Crippen LogP contribution is 2.33. The Labute approximate surface area is 184 Å². The van der Waals surface area contributed by atoms with Gasteiger partial charge in [-0.1, -0.05) is 16.3 Å². The molecule has 3 aromatic heterocycles. The van der Waals surface area contributed by atoms with Gasteiger partial charge in [0, 0.05) is 16.8 Å². The van der Waals surface area contributed by atoms with Gasteiger partial charge in [0.15, 0.2) is 4.34 Å². The minimum Gasteiger partial charge on any atom is -0.321 e. The lowest BCUT2D eigenvalue weighted by Gasteiger charge is -2.03. The summed E-state index contributed by atoms with van der Waals surface area (Å²) in [5.74, 6) is -0.426. The average Bonchev–Trinajstić information content (AvgIpc) is 3.39. The van der Waals surface area contributed by atoms with Gasteiger partial charge in [0.1, 0.15) is 15.6 Å². The lowest BCUT2D eigenvalue weighted by Crippen LogP contribution is -2.12. The first kappa shape index (κ1) is 21.2. The lowest BCUT2D eigenvalue weighted by molar-refractivity contribution is -0.129. The van der Waals surface area contributed by atoms with Gasteiger partial charge in [-0.05, 0) is 36.7 Å². The zero-order chi connectivity index (χ0) is 21.3. The normalized spacial score (nSPS) is 11.9. The second-order valence-electron chi connectivity index (χ2n) is 6.06. The van der Waals surface area contributed by atoms with Crippen molar-refractivity contribution in [2.75, 3.05) is 11.1 Å². The highest BCUT2D eigenvalue weighted by atomic mass is 32.2. The molecule has 156 valence electrons. The number of anilines is 1. The molecule has 0 fully saturated rings. The van der Waals surface area contributed by atoms with E-state index in [1.165, 1.54) is 34.2 Å². The van der Waals surface area contributed by atoms with Gasteiger partial charge in [-0.2, -0.15) is 13.2 Å². The maximum atomic E-state index is 12.5. The smallest absolute Gasteiger partial charge is 0.321 e. The quantitative estimate of drug-likeness (QED) is 0.342. The van der Waals surface area contributed by atoms with Gasteiger partial charge in [-0.15, -0.1) is 27.8 Å². The highest BCUT2D eigenvalue weighted by Gasteiger charge is 2.26. The van der Waals surface area contributed by atoms with Crippen LogP contribution in [0, 0.1) is 6.92 Å². The molecule has 4 aromatic rings. The number of thiazole rings is 2. The SMILES string of the molecule is Cc1nnsc1-c1nc(C(=O)Nc2ccc3nc(SCCC(F)(F)F)sc3c2)cs1. The van der Waals surface area contributed by atoms with Crippen molar-refractivity contribution in [2.24, 2.45) is 0 Å². The van der Waals surface area contributed by atoms with Crippen molar-refractivity contribution >= 4 is 67.8 Å². The molecule has 30 heavy (non-hydrogen) atoms. The second-order valence-corrected chi connectivity index (χ2v) is 10.0. The number of aryl methyl sites for hydroxylation is 1. The maximum Gasteiger partial charge on any atom is 0.389 e. The molecule has 0 bridgehead atoms. The van der Waals surface area contributed by atoms with E-state index in [4.69, 9.17) is 0 Å². The Morgan fingerprint density at radius 1 is 1.27 bits per heavy atom. The van der Waals surface area contributed by atoms with Crippen LogP contribution >= 0.6 is 46.0 Å².